The molecule has 3 heterocycles. The van der Waals surface area contributed by atoms with Crippen molar-refractivity contribution in [3.8, 4) is 0 Å². The lowest BCUT2D eigenvalue weighted by molar-refractivity contribution is -0.137. The Kier molecular flexibility index (Phi) is 5.23. The van der Waals surface area contributed by atoms with E-state index in [9.17, 15) is 23.9 Å². The Morgan fingerprint density at radius 1 is 0.947 bits per heavy atom. The number of anilines is 2. The van der Waals surface area contributed by atoms with E-state index < -0.39 is 29.1 Å². The number of hydrogen-bond donors (Lipinski definition) is 2. The van der Waals surface area contributed by atoms with Crippen molar-refractivity contribution in [1.82, 2.24) is 14.9 Å². The Labute approximate surface area is 215 Å². The highest BCUT2D eigenvalue weighted by Crippen LogP contribution is 2.44. The molecule has 0 unspecified atom stereocenters. The van der Waals surface area contributed by atoms with E-state index in [2.05, 4.69) is 10.3 Å². The van der Waals surface area contributed by atoms with Gasteiger partial charge in [-0.05, 0) is 37.3 Å². The van der Waals surface area contributed by atoms with E-state index in [-0.39, 0.29) is 17.9 Å². The van der Waals surface area contributed by atoms with Crippen LogP contribution in [0.5, 0.6) is 0 Å². The van der Waals surface area contributed by atoms with Crippen LogP contribution in [0.3, 0.4) is 0 Å². The predicted molar refractivity (Wildman–Crippen MR) is 140 cm³/mol. The van der Waals surface area contributed by atoms with Gasteiger partial charge in [0, 0.05) is 21.9 Å². The molecular formula is C29H21FN4O4. The molecule has 9 heteroatoms. The number of carbonyl (C=O) groups excluding carboxylic acids is 2. The van der Waals surface area contributed by atoms with E-state index in [0.29, 0.717) is 27.7 Å². The van der Waals surface area contributed by atoms with Gasteiger partial charge in [-0.2, -0.15) is 0 Å². The highest BCUT2D eigenvalue weighted by atomic mass is 19.1. The van der Waals surface area contributed by atoms with Crippen molar-refractivity contribution >= 4 is 51.0 Å². The Bertz CT molecular complexity index is 1800. The minimum absolute atomic E-state index is 0.0616. The topological polar surface area (TPSA) is 105 Å². The molecule has 188 valence electrons. The predicted octanol–water partition coefficient (Wildman–Crippen LogP) is 4.74. The summed E-state index contributed by atoms with van der Waals surface area (Å²) in [6, 6.07) is 21.8. The van der Waals surface area contributed by atoms with Crippen LogP contribution in [-0.4, -0.2) is 32.4 Å². The van der Waals surface area contributed by atoms with Crippen LogP contribution in [0.15, 0.2) is 85.1 Å². The Balaban J connectivity index is 1.41. The fourth-order valence-corrected chi connectivity index (χ4v) is 5.20. The molecule has 2 N–H and O–H groups in total. The van der Waals surface area contributed by atoms with Gasteiger partial charge in [-0.15, -0.1) is 0 Å². The largest absolute Gasteiger partial charge is 0.480 e. The average molecular weight is 509 g/mol. The van der Waals surface area contributed by atoms with Crippen LogP contribution >= 0.6 is 0 Å². The minimum atomic E-state index is -1.48. The number of hydrogen-bond acceptors (Lipinski definition) is 4. The van der Waals surface area contributed by atoms with Gasteiger partial charge in [0.1, 0.15) is 23.6 Å². The smallest absolute Gasteiger partial charge is 0.323 e. The second-order valence-electron chi connectivity index (χ2n) is 9.27. The van der Waals surface area contributed by atoms with Gasteiger partial charge in [0.25, 0.3) is 11.8 Å². The zero-order valence-corrected chi connectivity index (χ0v) is 20.2. The maximum atomic E-state index is 14.7. The Morgan fingerprint density at radius 3 is 2.39 bits per heavy atom. The van der Waals surface area contributed by atoms with Gasteiger partial charge in [-0.25, -0.2) is 9.37 Å². The Morgan fingerprint density at radius 2 is 1.63 bits per heavy atom. The van der Waals surface area contributed by atoms with Crippen LogP contribution in [0, 0.1) is 5.82 Å². The molecular weight excluding hydrogens is 487 g/mol. The number of rotatable bonds is 5. The summed E-state index contributed by atoms with van der Waals surface area (Å²) in [5.41, 5.74) is 0.955. The number of nitrogens with one attached hydrogen (secondary N) is 1. The van der Waals surface area contributed by atoms with E-state index >= 15 is 0 Å². The summed E-state index contributed by atoms with van der Waals surface area (Å²) in [7, 11) is 0. The molecule has 2 aromatic heterocycles. The molecule has 1 aliphatic rings. The van der Waals surface area contributed by atoms with Crippen LogP contribution in [0.25, 0.3) is 21.8 Å². The number of aromatic nitrogens is 2. The van der Waals surface area contributed by atoms with E-state index in [1.54, 1.807) is 54.0 Å². The van der Waals surface area contributed by atoms with E-state index in [0.717, 1.165) is 5.39 Å². The number of aliphatic carboxylic acids is 1. The number of amides is 2. The highest BCUT2D eigenvalue weighted by Gasteiger charge is 2.49. The molecule has 0 bridgehead atoms. The lowest BCUT2D eigenvalue weighted by atomic mass is 9.93. The molecule has 38 heavy (non-hydrogen) atoms. The van der Waals surface area contributed by atoms with Crippen molar-refractivity contribution in [1.29, 1.82) is 0 Å². The third-order valence-electron chi connectivity index (χ3n) is 6.96. The number of benzene rings is 3. The first-order valence-electron chi connectivity index (χ1n) is 11.9. The van der Waals surface area contributed by atoms with Crippen molar-refractivity contribution in [3.63, 3.8) is 0 Å². The number of carboxylic acids is 1. The SMILES string of the molecule is C[C@@]1(NC(=O)c2cc3c4ccccc4n(CC(=O)O)c3cn2)C(=O)N(c2ccccc2F)c2ccccc21. The third kappa shape index (κ3) is 3.43. The fourth-order valence-electron chi connectivity index (χ4n) is 5.20. The first kappa shape index (κ1) is 23.4. The summed E-state index contributed by atoms with van der Waals surface area (Å²) >= 11 is 0. The number of pyridine rings is 1. The molecule has 0 fully saturated rings. The molecule has 0 radical (unpaired) electrons. The van der Waals surface area contributed by atoms with Crippen LogP contribution in [-0.2, 0) is 21.7 Å². The maximum Gasteiger partial charge on any atom is 0.323 e. The van der Waals surface area contributed by atoms with Crippen molar-refractivity contribution in [2.45, 2.75) is 19.0 Å². The Hall–Kier alpha value is -5.05. The lowest BCUT2D eigenvalue weighted by Crippen LogP contribution is -2.50. The monoisotopic (exact) mass is 508 g/mol. The minimum Gasteiger partial charge on any atom is -0.480 e. The van der Waals surface area contributed by atoms with Gasteiger partial charge in [0.2, 0.25) is 0 Å². The third-order valence-corrected chi connectivity index (χ3v) is 6.96. The second-order valence-corrected chi connectivity index (χ2v) is 9.27. The average Bonchev–Trinajstić information content (AvgIpc) is 3.33. The summed E-state index contributed by atoms with van der Waals surface area (Å²) in [4.78, 5) is 44.3. The summed E-state index contributed by atoms with van der Waals surface area (Å²) in [6.45, 7) is 1.33. The molecule has 5 aromatic rings. The van der Waals surface area contributed by atoms with Gasteiger partial charge >= 0.3 is 5.97 Å². The molecule has 0 spiro atoms. The zero-order chi connectivity index (χ0) is 26.6. The second kappa shape index (κ2) is 8.52. The molecule has 6 rings (SSSR count). The number of para-hydroxylation sites is 3. The van der Waals surface area contributed by atoms with Crippen LogP contribution in [0.4, 0.5) is 15.8 Å². The standard InChI is InChI=1S/C29H21FN4O4/c1-29(19-9-3-6-12-23(19)34(28(29)38)24-13-7-4-10-20(24)30)32-27(37)21-14-18-17-8-2-5-11-22(17)33(16-26(35)36)25(18)15-31-21/h2-15H,16H2,1H3,(H,32,37)(H,35,36)/t29-/m0/s1. The zero-order valence-electron chi connectivity index (χ0n) is 20.2. The summed E-state index contributed by atoms with van der Waals surface area (Å²) in [5.74, 6) is -2.66. The quantitative estimate of drug-likeness (QED) is 0.357. The molecule has 0 aliphatic carbocycles. The molecule has 8 nitrogen and oxygen atoms in total. The number of nitrogens with zero attached hydrogens (tertiary/aromatic N) is 3. The molecule has 1 aliphatic heterocycles. The summed E-state index contributed by atoms with van der Waals surface area (Å²) in [6.07, 6.45) is 1.46. The highest BCUT2D eigenvalue weighted by molar-refractivity contribution is 6.15. The maximum absolute atomic E-state index is 14.7. The van der Waals surface area contributed by atoms with Crippen molar-refractivity contribution in [2.24, 2.45) is 0 Å². The number of carbonyl (C=O) groups is 3. The van der Waals surface area contributed by atoms with Gasteiger partial charge in [-0.1, -0.05) is 48.5 Å². The van der Waals surface area contributed by atoms with Crippen LogP contribution < -0.4 is 10.2 Å². The van der Waals surface area contributed by atoms with Crippen molar-refractivity contribution in [3.05, 3.63) is 102 Å². The van der Waals surface area contributed by atoms with Gasteiger partial charge in [0.05, 0.1) is 23.1 Å². The lowest BCUT2D eigenvalue weighted by Gasteiger charge is -2.26. The van der Waals surface area contributed by atoms with Gasteiger partial charge in [0.15, 0.2) is 0 Å². The number of fused-ring (bicyclic) bond motifs is 4. The van der Waals surface area contributed by atoms with Crippen LogP contribution in [0.1, 0.15) is 23.0 Å². The first-order valence-corrected chi connectivity index (χ1v) is 11.9. The summed E-state index contributed by atoms with van der Waals surface area (Å²) < 4.78 is 16.3. The molecule has 1 atom stereocenters. The summed E-state index contributed by atoms with van der Waals surface area (Å²) in [5, 5.41) is 13.7. The van der Waals surface area contributed by atoms with E-state index in [1.807, 2.05) is 24.3 Å². The van der Waals surface area contributed by atoms with E-state index in [1.165, 1.54) is 23.2 Å². The van der Waals surface area contributed by atoms with Gasteiger partial charge < -0.3 is 15.0 Å². The number of carboxylic acid groups (broad SMARTS) is 1. The molecule has 3 aromatic carbocycles. The molecule has 0 saturated heterocycles. The molecule has 0 saturated carbocycles. The van der Waals surface area contributed by atoms with Gasteiger partial charge in [-0.3, -0.25) is 19.3 Å². The number of halogens is 1. The molecule has 2 amide bonds. The normalized spacial score (nSPS) is 16.7. The first-order chi connectivity index (χ1) is 18.3. The fraction of sp³-hybridized carbons (Fsp3) is 0.103. The van der Waals surface area contributed by atoms with Crippen LogP contribution in [0.2, 0.25) is 0 Å². The van der Waals surface area contributed by atoms with E-state index in [4.69, 9.17) is 0 Å². The van der Waals surface area contributed by atoms with Crippen molar-refractivity contribution in [2.75, 3.05) is 4.90 Å². The van der Waals surface area contributed by atoms with Crippen molar-refractivity contribution < 1.29 is 23.9 Å².